The molecule has 2 N–H and O–H groups in total. The molecule has 0 heterocycles. The van der Waals surface area contributed by atoms with E-state index in [-0.39, 0.29) is 22.0 Å². The summed E-state index contributed by atoms with van der Waals surface area (Å²) in [6.45, 7) is 0. The lowest BCUT2D eigenvalue weighted by Gasteiger charge is -2.06. The number of carbonyl (C=O) groups excluding carboxylic acids is 1. The van der Waals surface area contributed by atoms with E-state index in [1.807, 2.05) is 0 Å². The zero-order chi connectivity index (χ0) is 19.6. The van der Waals surface area contributed by atoms with Gasteiger partial charge in [0.05, 0.1) is 21.7 Å². The van der Waals surface area contributed by atoms with Crippen LogP contribution in [-0.2, 0) is 0 Å². The molecule has 9 heteroatoms. The number of phenols is 1. The molecule has 0 saturated heterocycles. The van der Waals surface area contributed by atoms with Gasteiger partial charge in [0.1, 0.15) is 5.75 Å². The highest BCUT2D eigenvalue weighted by Gasteiger charge is 2.12. The third-order valence-corrected chi connectivity index (χ3v) is 4.32. The van der Waals surface area contributed by atoms with Crippen molar-refractivity contribution in [3.05, 3.63) is 79.8 Å². The number of hydrazone groups is 1. The van der Waals surface area contributed by atoms with E-state index in [0.717, 1.165) is 0 Å². The summed E-state index contributed by atoms with van der Waals surface area (Å²) in [5.74, 6) is -0.637. The first kappa shape index (κ1) is 18.6. The molecule has 0 aliphatic rings. The normalized spacial score (nSPS) is 11.0. The Bertz CT molecular complexity index is 1100. The Morgan fingerprint density at radius 2 is 1.93 bits per heavy atom. The fourth-order valence-electron chi connectivity index (χ4n) is 2.47. The van der Waals surface area contributed by atoms with Gasteiger partial charge in [-0.05, 0) is 41.1 Å². The molecular weight excluding hydrogens is 393 g/mol. The van der Waals surface area contributed by atoms with E-state index in [1.54, 1.807) is 6.07 Å². The molecule has 0 spiro atoms. The number of aromatic hydroxyl groups is 1. The molecule has 0 bridgehead atoms. The van der Waals surface area contributed by atoms with Crippen molar-refractivity contribution in [3.63, 3.8) is 0 Å². The average Bonchev–Trinajstić information content (AvgIpc) is 2.62. The number of benzene rings is 3. The molecule has 3 aromatic carbocycles. The fourth-order valence-corrected chi connectivity index (χ4v) is 2.96. The van der Waals surface area contributed by atoms with Crippen molar-refractivity contribution in [2.45, 2.75) is 0 Å². The van der Waals surface area contributed by atoms with Gasteiger partial charge in [-0.1, -0.05) is 29.3 Å². The minimum atomic E-state index is -0.553. The van der Waals surface area contributed by atoms with E-state index in [0.29, 0.717) is 21.4 Å². The van der Waals surface area contributed by atoms with Crippen LogP contribution in [0.15, 0.2) is 53.6 Å². The zero-order valence-electron chi connectivity index (χ0n) is 13.5. The fraction of sp³-hybridized carbons (Fsp3) is 0. The van der Waals surface area contributed by atoms with Crippen LogP contribution >= 0.6 is 23.2 Å². The predicted molar refractivity (Wildman–Crippen MR) is 104 cm³/mol. The highest BCUT2D eigenvalue weighted by atomic mass is 35.5. The van der Waals surface area contributed by atoms with Crippen LogP contribution in [0.4, 0.5) is 5.69 Å². The van der Waals surface area contributed by atoms with Crippen LogP contribution < -0.4 is 5.43 Å². The number of fused-ring (bicyclic) bond motifs is 1. The molecule has 27 heavy (non-hydrogen) atoms. The number of nitro benzene ring substituents is 1. The smallest absolute Gasteiger partial charge is 0.272 e. The van der Waals surface area contributed by atoms with Gasteiger partial charge in [0.15, 0.2) is 0 Å². The molecule has 0 atom stereocenters. The number of nitro groups is 1. The standard InChI is InChI=1S/C18H11Cl2N3O4/c19-11-2-4-14(16(20)8-11)18(25)22-21-9-15-13-5-3-12(23(26)27)7-10(13)1-6-17(15)24/h1-9,24H,(H,22,25)/b21-9+. The van der Waals surface area contributed by atoms with E-state index in [4.69, 9.17) is 23.2 Å². The van der Waals surface area contributed by atoms with Crippen LogP contribution in [0.5, 0.6) is 5.75 Å². The second-order valence-corrected chi connectivity index (χ2v) is 6.33. The molecule has 0 aromatic heterocycles. The van der Waals surface area contributed by atoms with Crippen LogP contribution in [0.3, 0.4) is 0 Å². The minimum Gasteiger partial charge on any atom is -0.507 e. The Kier molecular flexibility index (Phi) is 5.25. The van der Waals surface area contributed by atoms with Crippen LogP contribution in [0, 0.1) is 10.1 Å². The van der Waals surface area contributed by atoms with E-state index in [2.05, 4.69) is 10.5 Å². The summed E-state index contributed by atoms with van der Waals surface area (Å²) in [7, 11) is 0. The topological polar surface area (TPSA) is 105 Å². The van der Waals surface area contributed by atoms with Crippen LogP contribution in [0.25, 0.3) is 10.8 Å². The molecule has 0 aliphatic carbocycles. The highest BCUT2D eigenvalue weighted by Crippen LogP contribution is 2.28. The van der Waals surface area contributed by atoms with Gasteiger partial charge in [0.25, 0.3) is 11.6 Å². The molecule has 0 fully saturated rings. The van der Waals surface area contributed by atoms with Crippen molar-refractivity contribution in [2.75, 3.05) is 0 Å². The minimum absolute atomic E-state index is 0.0678. The van der Waals surface area contributed by atoms with Gasteiger partial charge in [-0.2, -0.15) is 5.10 Å². The summed E-state index contributed by atoms with van der Waals surface area (Å²) in [5.41, 5.74) is 2.75. The number of hydrogen-bond acceptors (Lipinski definition) is 5. The van der Waals surface area contributed by atoms with Crippen LogP contribution in [0.1, 0.15) is 15.9 Å². The Morgan fingerprint density at radius 1 is 1.15 bits per heavy atom. The molecule has 1 amide bonds. The number of amides is 1. The maximum absolute atomic E-state index is 12.1. The third kappa shape index (κ3) is 3.99. The third-order valence-electron chi connectivity index (χ3n) is 3.77. The zero-order valence-corrected chi connectivity index (χ0v) is 15.0. The Labute approximate surface area is 163 Å². The number of hydrogen-bond donors (Lipinski definition) is 2. The monoisotopic (exact) mass is 403 g/mol. The van der Waals surface area contributed by atoms with E-state index < -0.39 is 10.8 Å². The molecule has 3 rings (SSSR count). The Balaban J connectivity index is 1.88. The summed E-state index contributed by atoms with van der Waals surface area (Å²) in [4.78, 5) is 22.5. The second kappa shape index (κ2) is 7.61. The van der Waals surface area contributed by atoms with E-state index in [1.165, 1.54) is 48.7 Å². The van der Waals surface area contributed by atoms with Gasteiger partial charge in [0.2, 0.25) is 0 Å². The van der Waals surface area contributed by atoms with Crippen molar-refractivity contribution < 1.29 is 14.8 Å². The molecule has 0 saturated carbocycles. The molecule has 3 aromatic rings. The summed E-state index contributed by atoms with van der Waals surface area (Å²) in [5, 5.41) is 26.5. The average molecular weight is 404 g/mol. The lowest BCUT2D eigenvalue weighted by molar-refractivity contribution is -0.384. The van der Waals surface area contributed by atoms with Gasteiger partial charge < -0.3 is 5.11 Å². The first-order chi connectivity index (χ1) is 12.9. The first-order valence-corrected chi connectivity index (χ1v) is 8.31. The van der Waals surface area contributed by atoms with Crippen molar-refractivity contribution in [1.29, 1.82) is 0 Å². The molecule has 136 valence electrons. The van der Waals surface area contributed by atoms with E-state index in [9.17, 15) is 20.0 Å². The first-order valence-electron chi connectivity index (χ1n) is 7.55. The number of phenolic OH excluding ortho intramolecular Hbond substituents is 1. The number of nitrogens with one attached hydrogen (secondary N) is 1. The molecule has 0 unspecified atom stereocenters. The van der Waals surface area contributed by atoms with Crippen molar-refractivity contribution in [1.82, 2.24) is 5.43 Å². The number of halogens is 2. The van der Waals surface area contributed by atoms with Crippen LogP contribution in [0.2, 0.25) is 10.0 Å². The Morgan fingerprint density at radius 3 is 2.63 bits per heavy atom. The molecule has 0 aliphatic heterocycles. The van der Waals surface area contributed by atoms with Gasteiger partial charge in [-0.25, -0.2) is 5.43 Å². The van der Waals surface area contributed by atoms with Crippen molar-refractivity contribution >= 4 is 51.8 Å². The Hall–Kier alpha value is -3.16. The quantitative estimate of drug-likeness (QED) is 0.379. The lowest BCUT2D eigenvalue weighted by atomic mass is 10.0. The SMILES string of the molecule is O=C(N/N=C/c1c(O)ccc2cc([N+](=O)[O-])ccc12)c1ccc(Cl)cc1Cl. The number of non-ortho nitro benzene ring substituents is 1. The van der Waals surface area contributed by atoms with Crippen molar-refractivity contribution in [3.8, 4) is 5.75 Å². The molecule has 0 radical (unpaired) electrons. The number of rotatable bonds is 4. The van der Waals surface area contributed by atoms with Crippen LogP contribution in [-0.4, -0.2) is 22.2 Å². The summed E-state index contributed by atoms with van der Waals surface area (Å²) in [6, 6.07) is 11.6. The van der Waals surface area contributed by atoms with Gasteiger partial charge in [-0.3, -0.25) is 14.9 Å². The second-order valence-electron chi connectivity index (χ2n) is 5.48. The summed E-state index contributed by atoms with van der Waals surface area (Å²) in [6.07, 6.45) is 1.26. The van der Waals surface area contributed by atoms with Gasteiger partial charge in [-0.15, -0.1) is 0 Å². The highest BCUT2D eigenvalue weighted by molar-refractivity contribution is 6.36. The molecule has 7 nitrogen and oxygen atoms in total. The number of nitrogens with zero attached hydrogens (tertiary/aromatic N) is 2. The van der Waals surface area contributed by atoms with E-state index >= 15 is 0 Å². The number of carbonyl (C=O) groups is 1. The summed E-state index contributed by atoms with van der Waals surface area (Å²) >= 11 is 11.8. The van der Waals surface area contributed by atoms with Crippen molar-refractivity contribution in [2.24, 2.45) is 5.10 Å². The van der Waals surface area contributed by atoms with Gasteiger partial charge in [0, 0.05) is 22.7 Å². The maximum Gasteiger partial charge on any atom is 0.272 e. The lowest BCUT2D eigenvalue weighted by Crippen LogP contribution is -2.18. The molecular formula is C18H11Cl2N3O4. The largest absolute Gasteiger partial charge is 0.507 e. The predicted octanol–water partition coefficient (Wildman–Crippen LogP) is 4.52. The summed E-state index contributed by atoms with van der Waals surface area (Å²) < 4.78 is 0. The van der Waals surface area contributed by atoms with Gasteiger partial charge >= 0.3 is 0 Å². The maximum atomic E-state index is 12.1.